The number of nitrogens with zero attached hydrogens (tertiary/aromatic N) is 1. The zero-order valence-corrected chi connectivity index (χ0v) is 32.6. The molecular weight excluding hydrogens is 629 g/mol. The Kier molecular flexibility index (Phi) is 30.9. The second-order valence-corrected chi connectivity index (χ2v) is 15.8. The number of hydrogen-bond donors (Lipinski definition) is 1. The zero-order chi connectivity index (χ0) is 35.8. The van der Waals surface area contributed by atoms with Crippen molar-refractivity contribution in [2.24, 2.45) is 0 Å². The SMILES string of the molecule is CCCCCCCCC/C=C\CCCCCCCCCC(=O)OC(COC(=O)CCCCCCCC)COP(=O)(O)OCC[N+](C)(C)C. The van der Waals surface area contributed by atoms with E-state index in [0.717, 1.165) is 51.4 Å². The number of phosphoric ester groups is 1. The van der Waals surface area contributed by atoms with E-state index in [1.807, 2.05) is 21.1 Å². The van der Waals surface area contributed by atoms with Crippen LogP contribution in [0.1, 0.15) is 168 Å². The number of quaternary nitrogens is 1. The van der Waals surface area contributed by atoms with Gasteiger partial charge in [-0.05, 0) is 38.5 Å². The monoisotopic (exact) mass is 705 g/mol. The number of hydrogen-bond acceptors (Lipinski definition) is 7. The maximum Gasteiger partial charge on any atom is 0.472 e. The summed E-state index contributed by atoms with van der Waals surface area (Å²) in [6, 6.07) is 0. The van der Waals surface area contributed by atoms with Crippen molar-refractivity contribution in [2.45, 2.75) is 174 Å². The Morgan fingerprint density at radius 3 is 1.54 bits per heavy atom. The molecule has 0 saturated carbocycles. The molecule has 0 radical (unpaired) electrons. The van der Waals surface area contributed by atoms with Crippen molar-refractivity contribution in [3.8, 4) is 0 Å². The lowest BCUT2D eigenvalue weighted by atomic mass is 10.1. The number of ether oxygens (including phenoxy) is 2. The summed E-state index contributed by atoms with van der Waals surface area (Å²) in [7, 11) is 1.48. The quantitative estimate of drug-likeness (QED) is 0.0228. The Morgan fingerprint density at radius 2 is 1.06 bits per heavy atom. The van der Waals surface area contributed by atoms with Crippen LogP contribution < -0.4 is 0 Å². The summed E-state index contributed by atoms with van der Waals surface area (Å²) in [6.07, 6.45) is 30.0. The first-order valence-electron chi connectivity index (χ1n) is 19.4. The van der Waals surface area contributed by atoms with E-state index in [-0.39, 0.29) is 32.0 Å². The molecule has 0 spiro atoms. The lowest BCUT2D eigenvalue weighted by Crippen LogP contribution is -2.37. The van der Waals surface area contributed by atoms with E-state index in [9.17, 15) is 19.0 Å². The number of rotatable bonds is 35. The summed E-state index contributed by atoms with van der Waals surface area (Å²) < 4.78 is 34.0. The fourth-order valence-corrected chi connectivity index (χ4v) is 5.93. The lowest BCUT2D eigenvalue weighted by Gasteiger charge is -2.24. The van der Waals surface area contributed by atoms with Gasteiger partial charge in [-0.15, -0.1) is 0 Å². The van der Waals surface area contributed by atoms with Gasteiger partial charge in [-0.2, -0.15) is 0 Å². The molecule has 2 atom stereocenters. The van der Waals surface area contributed by atoms with E-state index in [1.54, 1.807) is 0 Å². The van der Waals surface area contributed by atoms with Crippen LogP contribution in [0.5, 0.6) is 0 Å². The predicted molar refractivity (Wildman–Crippen MR) is 197 cm³/mol. The summed E-state index contributed by atoms with van der Waals surface area (Å²) in [4.78, 5) is 35.0. The Hall–Kier alpha value is -1.25. The number of carbonyl (C=O) groups excluding carboxylic acids is 2. The molecule has 1 N–H and O–H groups in total. The lowest BCUT2D eigenvalue weighted by molar-refractivity contribution is -0.870. The molecule has 0 bridgehead atoms. The summed E-state index contributed by atoms with van der Waals surface area (Å²) in [6.45, 7) is 4.34. The van der Waals surface area contributed by atoms with Crippen LogP contribution in [-0.2, 0) is 32.7 Å². The Labute approximate surface area is 295 Å². The number of likely N-dealkylation sites (N-methyl/N-ethyl adjacent to an activating group) is 1. The van der Waals surface area contributed by atoms with Crippen LogP contribution in [0.2, 0.25) is 0 Å². The molecule has 0 aliphatic heterocycles. The molecule has 0 aromatic rings. The number of phosphoric acid groups is 1. The van der Waals surface area contributed by atoms with Crippen molar-refractivity contribution in [1.29, 1.82) is 0 Å². The molecule has 0 heterocycles. The topological polar surface area (TPSA) is 108 Å². The van der Waals surface area contributed by atoms with Crippen LogP contribution in [0, 0.1) is 0 Å². The normalized spacial score (nSPS) is 13.9. The minimum Gasteiger partial charge on any atom is -0.462 e. The zero-order valence-electron chi connectivity index (χ0n) is 31.7. The minimum atomic E-state index is -4.36. The van der Waals surface area contributed by atoms with Crippen LogP contribution in [0.25, 0.3) is 0 Å². The van der Waals surface area contributed by atoms with Gasteiger partial charge in [-0.1, -0.05) is 129 Å². The molecule has 10 heteroatoms. The second-order valence-electron chi connectivity index (χ2n) is 14.3. The molecular formula is C38H75NO8P+. The van der Waals surface area contributed by atoms with Gasteiger partial charge in [0, 0.05) is 12.8 Å². The first-order chi connectivity index (χ1) is 23.0. The van der Waals surface area contributed by atoms with Crippen molar-refractivity contribution in [3.63, 3.8) is 0 Å². The van der Waals surface area contributed by atoms with Gasteiger partial charge in [-0.25, -0.2) is 4.57 Å². The highest BCUT2D eigenvalue weighted by molar-refractivity contribution is 7.47. The number of carbonyl (C=O) groups is 2. The highest BCUT2D eigenvalue weighted by atomic mass is 31.2. The molecule has 0 aromatic carbocycles. The van der Waals surface area contributed by atoms with E-state index < -0.39 is 26.5 Å². The first-order valence-corrected chi connectivity index (χ1v) is 20.9. The van der Waals surface area contributed by atoms with Gasteiger partial charge in [0.25, 0.3) is 0 Å². The van der Waals surface area contributed by atoms with Crippen molar-refractivity contribution in [2.75, 3.05) is 47.5 Å². The van der Waals surface area contributed by atoms with Gasteiger partial charge in [0.05, 0.1) is 27.7 Å². The molecule has 0 aliphatic rings. The summed E-state index contributed by atoms with van der Waals surface area (Å²) >= 11 is 0. The number of esters is 2. The average Bonchev–Trinajstić information content (AvgIpc) is 3.02. The van der Waals surface area contributed by atoms with E-state index in [4.69, 9.17) is 18.5 Å². The molecule has 2 unspecified atom stereocenters. The Bertz CT molecular complexity index is 845. The fraction of sp³-hybridized carbons (Fsp3) is 0.895. The molecule has 284 valence electrons. The van der Waals surface area contributed by atoms with Crippen LogP contribution >= 0.6 is 7.82 Å². The summed E-state index contributed by atoms with van der Waals surface area (Å²) in [5.41, 5.74) is 0. The molecule has 0 aliphatic carbocycles. The third kappa shape index (κ3) is 34.6. The second kappa shape index (κ2) is 31.7. The maximum atomic E-state index is 12.6. The van der Waals surface area contributed by atoms with E-state index in [0.29, 0.717) is 17.4 Å². The molecule has 0 amide bonds. The highest BCUT2D eigenvalue weighted by Crippen LogP contribution is 2.43. The van der Waals surface area contributed by atoms with Crippen LogP contribution in [0.4, 0.5) is 0 Å². The fourth-order valence-electron chi connectivity index (χ4n) is 5.18. The van der Waals surface area contributed by atoms with Crippen LogP contribution in [0.3, 0.4) is 0 Å². The minimum absolute atomic E-state index is 0.0331. The van der Waals surface area contributed by atoms with E-state index in [2.05, 4.69) is 26.0 Å². The van der Waals surface area contributed by atoms with E-state index in [1.165, 1.54) is 83.5 Å². The van der Waals surface area contributed by atoms with Crippen molar-refractivity contribution in [3.05, 3.63) is 12.2 Å². The van der Waals surface area contributed by atoms with Crippen LogP contribution in [0.15, 0.2) is 12.2 Å². The maximum absolute atomic E-state index is 12.6. The largest absolute Gasteiger partial charge is 0.472 e. The smallest absolute Gasteiger partial charge is 0.462 e. The van der Waals surface area contributed by atoms with Gasteiger partial charge in [0.15, 0.2) is 6.10 Å². The van der Waals surface area contributed by atoms with Gasteiger partial charge in [0.2, 0.25) is 0 Å². The van der Waals surface area contributed by atoms with E-state index >= 15 is 0 Å². The Morgan fingerprint density at radius 1 is 0.625 bits per heavy atom. The van der Waals surface area contributed by atoms with Gasteiger partial charge >= 0.3 is 19.8 Å². The Balaban J connectivity index is 4.28. The van der Waals surface area contributed by atoms with Crippen molar-refractivity contribution < 1.29 is 42.1 Å². The highest BCUT2D eigenvalue weighted by Gasteiger charge is 2.27. The van der Waals surface area contributed by atoms with Gasteiger partial charge in [-0.3, -0.25) is 18.6 Å². The third-order valence-electron chi connectivity index (χ3n) is 8.30. The predicted octanol–water partition coefficient (Wildman–Crippen LogP) is 10.2. The summed E-state index contributed by atoms with van der Waals surface area (Å²) in [5.74, 6) is -0.810. The van der Waals surface area contributed by atoms with Gasteiger partial charge < -0.3 is 18.9 Å². The van der Waals surface area contributed by atoms with Crippen molar-refractivity contribution >= 4 is 19.8 Å². The molecule has 0 rings (SSSR count). The van der Waals surface area contributed by atoms with Gasteiger partial charge in [0.1, 0.15) is 19.8 Å². The average molecular weight is 705 g/mol. The number of unbranched alkanes of at least 4 members (excludes halogenated alkanes) is 19. The molecule has 0 fully saturated rings. The standard InChI is InChI=1S/C38H74NO8P/c1-6-8-10-12-14-15-16-17-18-19-20-21-22-23-24-25-27-29-31-38(41)47-36(34-44-37(40)30-28-26-13-11-9-7-2)35-46-48(42,43)45-33-32-39(3,4)5/h18-19,36H,6-17,20-35H2,1-5H3/p+1/b19-18-. The van der Waals surface area contributed by atoms with Crippen LogP contribution in [-0.4, -0.2) is 74.9 Å². The number of allylic oxidation sites excluding steroid dienone is 2. The third-order valence-corrected chi connectivity index (χ3v) is 9.28. The molecule has 9 nitrogen and oxygen atoms in total. The molecule has 0 aromatic heterocycles. The first kappa shape index (κ1) is 46.8. The summed E-state index contributed by atoms with van der Waals surface area (Å²) in [5, 5.41) is 0. The molecule has 48 heavy (non-hydrogen) atoms. The van der Waals surface area contributed by atoms with Crippen molar-refractivity contribution in [1.82, 2.24) is 0 Å². The molecule has 0 saturated heterocycles.